The van der Waals surface area contributed by atoms with Gasteiger partial charge in [0, 0.05) is 24.7 Å². The molecule has 1 aromatic rings. The van der Waals surface area contributed by atoms with Gasteiger partial charge in [0.2, 0.25) is 10.0 Å². The van der Waals surface area contributed by atoms with Crippen molar-refractivity contribution in [2.45, 2.75) is 24.5 Å². The summed E-state index contributed by atoms with van der Waals surface area (Å²) in [6.07, 6.45) is -0.0928. The summed E-state index contributed by atoms with van der Waals surface area (Å²) in [6.45, 7) is 3.21. The Hall–Kier alpha value is -0.660. The Morgan fingerprint density at radius 3 is 2.89 bits per heavy atom. The van der Waals surface area contributed by atoms with Crippen LogP contribution in [0.25, 0.3) is 0 Å². The normalized spacial score (nSPS) is 21.5. The molecule has 2 N–H and O–H groups in total. The van der Waals surface area contributed by atoms with Crippen LogP contribution in [-0.4, -0.2) is 38.5 Å². The van der Waals surface area contributed by atoms with E-state index in [0.29, 0.717) is 30.3 Å². The van der Waals surface area contributed by atoms with Crippen LogP contribution in [0.5, 0.6) is 0 Å². The molecule has 106 valence electrons. The maximum Gasteiger partial charge on any atom is 0.243 e. The number of nitrogens with two attached hydrogens (primary N) is 1. The average molecular weight is 305 g/mol. The number of rotatable bonds is 3. The lowest BCUT2D eigenvalue weighted by Crippen LogP contribution is -2.44. The van der Waals surface area contributed by atoms with Gasteiger partial charge in [-0.1, -0.05) is 11.6 Å². The number of morpholine rings is 1. The Bertz CT molecular complexity index is 562. The second-order valence-corrected chi connectivity index (χ2v) is 6.85. The largest absolute Gasteiger partial charge is 0.376 e. The van der Waals surface area contributed by atoms with Crippen LogP contribution in [0.2, 0.25) is 5.02 Å². The number of benzene rings is 1. The fourth-order valence-corrected chi connectivity index (χ4v) is 3.77. The van der Waals surface area contributed by atoms with Crippen LogP contribution in [0.1, 0.15) is 12.5 Å². The molecule has 0 radical (unpaired) electrons. The van der Waals surface area contributed by atoms with E-state index in [9.17, 15) is 8.42 Å². The van der Waals surface area contributed by atoms with E-state index in [0.717, 1.165) is 0 Å². The quantitative estimate of drug-likeness (QED) is 0.911. The van der Waals surface area contributed by atoms with Gasteiger partial charge in [-0.25, -0.2) is 8.42 Å². The molecule has 0 amide bonds. The Labute approximate surface area is 118 Å². The van der Waals surface area contributed by atoms with Crippen LogP contribution in [-0.2, 0) is 21.3 Å². The highest BCUT2D eigenvalue weighted by molar-refractivity contribution is 7.89. The summed E-state index contributed by atoms with van der Waals surface area (Å²) in [5.74, 6) is 0. The molecule has 1 fully saturated rings. The smallest absolute Gasteiger partial charge is 0.243 e. The van der Waals surface area contributed by atoms with E-state index in [-0.39, 0.29) is 17.5 Å². The van der Waals surface area contributed by atoms with Crippen LogP contribution in [0, 0.1) is 0 Å². The van der Waals surface area contributed by atoms with E-state index in [1.54, 1.807) is 6.07 Å². The molecule has 1 saturated heterocycles. The van der Waals surface area contributed by atoms with Crippen molar-refractivity contribution in [1.29, 1.82) is 0 Å². The summed E-state index contributed by atoms with van der Waals surface area (Å²) in [4.78, 5) is 0.228. The highest BCUT2D eigenvalue weighted by Crippen LogP contribution is 2.23. The fraction of sp³-hybridized carbons (Fsp3) is 0.500. The van der Waals surface area contributed by atoms with Crippen LogP contribution >= 0.6 is 11.6 Å². The fourth-order valence-electron chi connectivity index (χ4n) is 2.02. The second kappa shape index (κ2) is 5.76. The Kier molecular flexibility index (Phi) is 4.47. The van der Waals surface area contributed by atoms with E-state index >= 15 is 0 Å². The Morgan fingerprint density at radius 1 is 1.53 bits per heavy atom. The van der Waals surface area contributed by atoms with Gasteiger partial charge < -0.3 is 10.5 Å². The highest BCUT2D eigenvalue weighted by Gasteiger charge is 2.29. The third kappa shape index (κ3) is 3.09. The van der Waals surface area contributed by atoms with Crippen molar-refractivity contribution in [2.24, 2.45) is 5.73 Å². The van der Waals surface area contributed by atoms with Crippen LogP contribution in [0.3, 0.4) is 0 Å². The van der Waals surface area contributed by atoms with Crippen molar-refractivity contribution in [1.82, 2.24) is 4.31 Å². The molecule has 1 atom stereocenters. The standard InChI is InChI=1S/C12H17ClN2O3S/c1-9-8-15(4-5-18-9)19(16,17)11-2-3-12(13)10(6-11)7-14/h2-3,6,9H,4-5,7-8,14H2,1H3. The minimum Gasteiger partial charge on any atom is -0.376 e. The number of hydrogen-bond donors (Lipinski definition) is 1. The molecule has 1 heterocycles. The van der Waals surface area contributed by atoms with E-state index in [1.807, 2.05) is 6.92 Å². The molecular weight excluding hydrogens is 288 g/mol. The van der Waals surface area contributed by atoms with Gasteiger partial charge in [-0.2, -0.15) is 4.31 Å². The lowest BCUT2D eigenvalue weighted by Gasteiger charge is -2.30. The monoisotopic (exact) mass is 304 g/mol. The van der Waals surface area contributed by atoms with Crippen LogP contribution in [0.4, 0.5) is 0 Å². The van der Waals surface area contributed by atoms with Gasteiger partial charge in [0.1, 0.15) is 0 Å². The molecule has 5 nitrogen and oxygen atoms in total. The Balaban J connectivity index is 2.33. The first-order valence-corrected chi connectivity index (χ1v) is 7.87. The lowest BCUT2D eigenvalue weighted by atomic mass is 10.2. The summed E-state index contributed by atoms with van der Waals surface area (Å²) in [6, 6.07) is 4.62. The summed E-state index contributed by atoms with van der Waals surface area (Å²) < 4.78 is 31.8. The lowest BCUT2D eigenvalue weighted by molar-refractivity contribution is 0.0102. The molecule has 0 spiro atoms. The van der Waals surface area contributed by atoms with Crippen LogP contribution < -0.4 is 5.73 Å². The number of halogens is 1. The molecule has 0 aliphatic carbocycles. The SMILES string of the molecule is CC1CN(S(=O)(=O)c2ccc(Cl)c(CN)c2)CCO1. The first-order chi connectivity index (χ1) is 8.95. The van der Waals surface area contributed by atoms with Gasteiger partial charge in [-0.05, 0) is 30.7 Å². The van der Waals surface area contributed by atoms with Crippen molar-refractivity contribution in [3.05, 3.63) is 28.8 Å². The number of nitrogens with zero attached hydrogens (tertiary/aromatic N) is 1. The number of sulfonamides is 1. The summed E-state index contributed by atoms with van der Waals surface area (Å²) in [5, 5.41) is 0.483. The van der Waals surface area contributed by atoms with Crippen molar-refractivity contribution < 1.29 is 13.2 Å². The predicted molar refractivity (Wildman–Crippen MR) is 73.5 cm³/mol. The topological polar surface area (TPSA) is 72.6 Å². The summed E-state index contributed by atoms with van der Waals surface area (Å²) in [5.41, 5.74) is 6.18. The van der Waals surface area contributed by atoms with E-state index in [2.05, 4.69) is 0 Å². The zero-order chi connectivity index (χ0) is 14.0. The van der Waals surface area contributed by atoms with Gasteiger partial charge in [-0.15, -0.1) is 0 Å². The molecule has 1 unspecified atom stereocenters. The zero-order valence-corrected chi connectivity index (χ0v) is 12.2. The third-order valence-electron chi connectivity index (χ3n) is 3.08. The maximum atomic E-state index is 12.5. The van der Waals surface area contributed by atoms with Crippen LogP contribution in [0.15, 0.2) is 23.1 Å². The molecule has 1 aromatic carbocycles. The first kappa shape index (κ1) is 14.7. The molecule has 0 saturated carbocycles. The van der Waals surface area contributed by atoms with Crippen molar-refractivity contribution in [3.8, 4) is 0 Å². The van der Waals surface area contributed by atoms with Gasteiger partial charge in [0.05, 0.1) is 17.6 Å². The molecule has 19 heavy (non-hydrogen) atoms. The number of hydrogen-bond acceptors (Lipinski definition) is 4. The third-order valence-corrected chi connectivity index (χ3v) is 5.31. The van der Waals surface area contributed by atoms with Gasteiger partial charge in [0.15, 0.2) is 0 Å². The Morgan fingerprint density at radius 2 is 2.26 bits per heavy atom. The average Bonchev–Trinajstić information content (AvgIpc) is 2.39. The molecular formula is C12H17ClN2O3S. The summed E-state index contributed by atoms with van der Waals surface area (Å²) in [7, 11) is -3.51. The zero-order valence-electron chi connectivity index (χ0n) is 10.7. The molecule has 0 bridgehead atoms. The van der Waals surface area contributed by atoms with Gasteiger partial charge in [-0.3, -0.25) is 0 Å². The van der Waals surface area contributed by atoms with E-state index in [1.165, 1.54) is 16.4 Å². The summed E-state index contributed by atoms with van der Waals surface area (Å²) >= 11 is 5.95. The number of ether oxygens (including phenoxy) is 1. The predicted octanol–water partition coefficient (Wildman–Crippen LogP) is 1.21. The minimum atomic E-state index is -3.51. The minimum absolute atomic E-state index is 0.0928. The second-order valence-electron chi connectivity index (χ2n) is 4.50. The van der Waals surface area contributed by atoms with Crippen molar-refractivity contribution >= 4 is 21.6 Å². The molecule has 1 aliphatic heterocycles. The molecule has 2 rings (SSSR count). The first-order valence-electron chi connectivity index (χ1n) is 6.05. The van der Waals surface area contributed by atoms with Gasteiger partial charge in [0.25, 0.3) is 0 Å². The maximum absolute atomic E-state index is 12.5. The van der Waals surface area contributed by atoms with Crippen molar-refractivity contribution in [3.63, 3.8) is 0 Å². The van der Waals surface area contributed by atoms with Crippen molar-refractivity contribution in [2.75, 3.05) is 19.7 Å². The van der Waals surface area contributed by atoms with E-state index < -0.39 is 10.0 Å². The highest BCUT2D eigenvalue weighted by atomic mass is 35.5. The molecule has 0 aromatic heterocycles. The molecule has 1 aliphatic rings. The molecule has 7 heteroatoms. The van der Waals surface area contributed by atoms with Gasteiger partial charge >= 0.3 is 0 Å². The van der Waals surface area contributed by atoms with E-state index in [4.69, 9.17) is 22.1 Å².